The van der Waals surface area contributed by atoms with Gasteiger partial charge in [-0.05, 0) is 25.3 Å². The molecular formula is C19H25N3O5. The van der Waals surface area contributed by atoms with Gasteiger partial charge in [0.2, 0.25) is 0 Å². The first-order valence-corrected chi connectivity index (χ1v) is 8.82. The minimum atomic E-state index is -1.25. The van der Waals surface area contributed by atoms with Crippen molar-refractivity contribution in [2.45, 2.75) is 39.3 Å². The minimum absolute atomic E-state index is 0.262. The average Bonchev–Trinajstić information content (AvgIpc) is 2.84. The van der Waals surface area contributed by atoms with E-state index in [4.69, 9.17) is 4.74 Å². The monoisotopic (exact) mass is 375 g/mol. The first kappa shape index (κ1) is 20.4. The van der Waals surface area contributed by atoms with Crippen molar-refractivity contribution in [3.8, 4) is 0 Å². The molecule has 1 saturated heterocycles. The lowest BCUT2D eigenvalue weighted by atomic mass is 9.92. The second-order valence-corrected chi connectivity index (χ2v) is 7.08. The molecule has 0 saturated carbocycles. The molecule has 146 valence electrons. The fourth-order valence-electron chi connectivity index (χ4n) is 2.67. The van der Waals surface area contributed by atoms with Crippen LogP contribution in [0.5, 0.6) is 0 Å². The summed E-state index contributed by atoms with van der Waals surface area (Å²) in [6.07, 6.45) is -1.02. The zero-order valence-electron chi connectivity index (χ0n) is 15.9. The molecule has 0 aromatic heterocycles. The van der Waals surface area contributed by atoms with Gasteiger partial charge in [0.25, 0.3) is 11.8 Å². The number of carbonyl (C=O) groups excluding carboxylic acids is 4. The summed E-state index contributed by atoms with van der Waals surface area (Å²) in [6.45, 7) is 6.80. The molecule has 2 N–H and O–H groups in total. The molecule has 0 unspecified atom stereocenters. The first-order valence-electron chi connectivity index (χ1n) is 8.82. The van der Waals surface area contributed by atoms with E-state index in [1.807, 2.05) is 13.8 Å². The van der Waals surface area contributed by atoms with Crippen LogP contribution < -0.4 is 10.6 Å². The lowest BCUT2D eigenvalue weighted by Gasteiger charge is -2.22. The Kier molecular flexibility index (Phi) is 6.20. The van der Waals surface area contributed by atoms with Crippen LogP contribution >= 0.6 is 0 Å². The van der Waals surface area contributed by atoms with Crippen molar-refractivity contribution in [2.24, 2.45) is 5.92 Å². The molecule has 1 heterocycles. The number of imide groups is 1. The van der Waals surface area contributed by atoms with Gasteiger partial charge in [-0.15, -0.1) is 0 Å². The Morgan fingerprint density at radius 1 is 1.19 bits per heavy atom. The number of ether oxygens (including phenoxy) is 1. The van der Waals surface area contributed by atoms with Crippen molar-refractivity contribution >= 4 is 23.8 Å². The van der Waals surface area contributed by atoms with Crippen molar-refractivity contribution in [2.75, 3.05) is 13.1 Å². The van der Waals surface area contributed by atoms with E-state index in [2.05, 4.69) is 10.6 Å². The van der Waals surface area contributed by atoms with Gasteiger partial charge >= 0.3 is 12.0 Å². The predicted molar refractivity (Wildman–Crippen MR) is 97.4 cm³/mol. The number of hydrogen-bond donors (Lipinski definition) is 2. The van der Waals surface area contributed by atoms with Crippen molar-refractivity contribution < 1.29 is 23.9 Å². The molecule has 1 aromatic carbocycles. The van der Waals surface area contributed by atoms with Crippen LogP contribution in [0.15, 0.2) is 30.3 Å². The van der Waals surface area contributed by atoms with E-state index in [1.54, 1.807) is 37.3 Å². The zero-order valence-corrected chi connectivity index (χ0v) is 15.9. The fourth-order valence-corrected chi connectivity index (χ4v) is 2.67. The van der Waals surface area contributed by atoms with Gasteiger partial charge in [-0.25, -0.2) is 4.79 Å². The molecule has 0 bridgehead atoms. The van der Waals surface area contributed by atoms with Crippen LogP contribution in [-0.4, -0.2) is 47.9 Å². The summed E-state index contributed by atoms with van der Waals surface area (Å²) in [7, 11) is 0. The summed E-state index contributed by atoms with van der Waals surface area (Å²) >= 11 is 0. The lowest BCUT2D eigenvalue weighted by Crippen LogP contribution is -2.43. The maximum Gasteiger partial charge on any atom is 0.327 e. The van der Waals surface area contributed by atoms with Crippen LogP contribution in [0.25, 0.3) is 0 Å². The molecule has 1 aliphatic rings. The lowest BCUT2D eigenvalue weighted by molar-refractivity contribution is -0.156. The van der Waals surface area contributed by atoms with Crippen LogP contribution in [0.3, 0.4) is 0 Å². The third kappa shape index (κ3) is 4.64. The van der Waals surface area contributed by atoms with E-state index in [0.29, 0.717) is 12.1 Å². The van der Waals surface area contributed by atoms with Gasteiger partial charge in [-0.3, -0.25) is 19.3 Å². The topological polar surface area (TPSA) is 105 Å². The molecule has 0 aliphatic carbocycles. The fraction of sp³-hybridized carbons (Fsp3) is 0.474. The summed E-state index contributed by atoms with van der Waals surface area (Å²) in [6, 6.07) is 8.08. The predicted octanol–water partition coefficient (Wildman–Crippen LogP) is 1.16. The number of carbonyl (C=O) groups is 4. The van der Waals surface area contributed by atoms with Crippen molar-refractivity contribution in [1.82, 2.24) is 15.5 Å². The molecule has 4 amide bonds. The Bertz CT molecular complexity index is 734. The van der Waals surface area contributed by atoms with Gasteiger partial charge in [0.1, 0.15) is 12.1 Å². The van der Waals surface area contributed by atoms with E-state index >= 15 is 0 Å². The third-order valence-electron chi connectivity index (χ3n) is 4.28. The molecule has 1 fully saturated rings. The van der Waals surface area contributed by atoms with Crippen LogP contribution in [0.1, 0.15) is 33.3 Å². The summed E-state index contributed by atoms with van der Waals surface area (Å²) in [5, 5.41) is 5.27. The van der Waals surface area contributed by atoms with Gasteiger partial charge in [-0.1, -0.05) is 44.2 Å². The molecule has 8 nitrogen and oxygen atoms in total. The number of amides is 4. The standard InChI is InChI=1S/C19H25N3O5/c1-12(2)10-20-16(24)13(3)27-15(23)11-22-17(25)19(4,21-18(22)26)14-8-6-5-7-9-14/h5-9,12-13H,10-11H2,1-4H3,(H,20,24)(H,21,26)/t13-,19-/m1/s1. The smallest absolute Gasteiger partial charge is 0.327 e. The molecule has 27 heavy (non-hydrogen) atoms. The molecule has 2 atom stereocenters. The van der Waals surface area contributed by atoms with E-state index in [0.717, 1.165) is 4.90 Å². The Balaban J connectivity index is 1.99. The molecule has 2 rings (SSSR count). The Labute approximate surface area is 158 Å². The minimum Gasteiger partial charge on any atom is -0.451 e. The summed E-state index contributed by atoms with van der Waals surface area (Å²) in [5.41, 5.74) is -0.639. The summed E-state index contributed by atoms with van der Waals surface area (Å²) in [4.78, 5) is 49.7. The van der Waals surface area contributed by atoms with Crippen LogP contribution in [0.4, 0.5) is 4.79 Å². The Hall–Kier alpha value is -2.90. The number of esters is 1. The number of urea groups is 1. The van der Waals surface area contributed by atoms with Gasteiger partial charge in [0.15, 0.2) is 6.10 Å². The number of rotatable bonds is 7. The second-order valence-electron chi connectivity index (χ2n) is 7.08. The molecule has 0 spiro atoms. The maximum absolute atomic E-state index is 12.7. The van der Waals surface area contributed by atoms with E-state index < -0.39 is 42.0 Å². The van der Waals surface area contributed by atoms with E-state index in [-0.39, 0.29) is 5.92 Å². The number of hydrogen-bond acceptors (Lipinski definition) is 5. The largest absolute Gasteiger partial charge is 0.451 e. The average molecular weight is 375 g/mol. The van der Waals surface area contributed by atoms with Crippen LogP contribution in [-0.2, 0) is 24.7 Å². The highest BCUT2D eigenvalue weighted by atomic mass is 16.5. The highest BCUT2D eigenvalue weighted by Gasteiger charge is 2.49. The van der Waals surface area contributed by atoms with Crippen molar-refractivity contribution in [3.05, 3.63) is 35.9 Å². The highest BCUT2D eigenvalue weighted by Crippen LogP contribution is 2.28. The molecular weight excluding hydrogens is 350 g/mol. The van der Waals surface area contributed by atoms with Gasteiger partial charge in [0, 0.05) is 6.54 Å². The number of nitrogens with one attached hydrogen (secondary N) is 2. The third-order valence-corrected chi connectivity index (χ3v) is 4.28. The van der Waals surface area contributed by atoms with E-state index in [9.17, 15) is 19.2 Å². The van der Waals surface area contributed by atoms with Crippen LogP contribution in [0, 0.1) is 5.92 Å². The molecule has 1 aliphatic heterocycles. The van der Waals surface area contributed by atoms with Crippen molar-refractivity contribution in [1.29, 1.82) is 0 Å². The SMILES string of the molecule is CC(C)CNC(=O)[C@@H](C)OC(=O)CN1C(=O)N[C@](C)(c2ccccc2)C1=O. The van der Waals surface area contributed by atoms with Gasteiger partial charge in [0.05, 0.1) is 0 Å². The normalized spacial score (nSPS) is 20.4. The van der Waals surface area contributed by atoms with Gasteiger partial charge in [-0.2, -0.15) is 0 Å². The first-order chi connectivity index (χ1) is 12.6. The zero-order chi connectivity index (χ0) is 20.2. The quantitative estimate of drug-likeness (QED) is 0.550. The molecule has 0 radical (unpaired) electrons. The van der Waals surface area contributed by atoms with E-state index in [1.165, 1.54) is 6.92 Å². The van der Waals surface area contributed by atoms with Gasteiger partial charge < -0.3 is 15.4 Å². The summed E-state index contributed by atoms with van der Waals surface area (Å²) in [5.74, 6) is -1.54. The molecule has 8 heteroatoms. The molecule has 1 aromatic rings. The second kappa shape index (κ2) is 8.20. The number of benzene rings is 1. The maximum atomic E-state index is 12.7. The van der Waals surface area contributed by atoms with Crippen LogP contribution in [0.2, 0.25) is 0 Å². The Morgan fingerprint density at radius 2 is 1.81 bits per heavy atom. The Morgan fingerprint density at radius 3 is 2.41 bits per heavy atom. The van der Waals surface area contributed by atoms with Crippen molar-refractivity contribution in [3.63, 3.8) is 0 Å². The summed E-state index contributed by atoms with van der Waals surface area (Å²) < 4.78 is 5.05. The highest BCUT2D eigenvalue weighted by molar-refractivity contribution is 6.08. The number of nitrogens with zero attached hydrogens (tertiary/aromatic N) is 1.